The van der Waals surface area contributed by atoms with Crippen LogP contribution in [0, 0.1) is 6.92 Å². The summed E-state index contributed by atoms with van der Waals surface area (Å²) in [5, 5.41) is 12.3. The van der Waals surface area contributed by atoms with E-state index in [-0.39, 0.29) is 11.5 Å². The lowest BCUT2D eigenvalue weighted by Crippen LogP contribution is -2.21. The molecule has 0 radical (unpaired) electrons. The zero-order valence-electron chi connectivity index (χ0n) is 12.5. The molecule has 0 saturated heterocycles. The Morgan fingerprint density at radius 3 is 2.91 bits per heavy atom. The standard InChI is InChI=1S/C15H15N5O2S/c1-10-18-19-15(23-10)17-13(21)7-4-8-20-9-16-12-6-3-2-5-11(12)14(20)22/h2-3,5-6,9H,4,7-8H2,1H3,(H,17,19,21). The molecule has 0 fully saturated rings. The van der Waals surface area contributed by atoms with Gasteiger partial charge in [-0.3, -0.25) is 14.2 Å². The molecule has 1 amide bonds. The van der Waals surface area contributed by atoms with Gasteiger partial charge in [0.2, 0.25) is 11.0 Å². The second-order valence-corrected chi connectivity index (χ2v) is 6.22. The molecule has 1 aromatic carbocycles. The number of aryl methyl sites for hydroxylation is 2. The van der Waals surface area contributed by atoms with Gasteiger partial charge in [0.1, 0.15) is 5.01 Å². The van der Waals surface area contributed by atoms with Crippen molar-refractivity contribution in [1.82, 2.24) is 19.7 Å². The average Bonchev–Trinajstić information content (AvgIpc) is 2.95. The number of carbonyl (C=O) groups is 1. The quantitative estimate of drug-likeness (QED) is 0.773. The van der Waals surface area contributed by atoms with E-state index in [9.17, 15) is 9.59 Å². The maximum Gasteiger partial charge on any atom is 0.261 e. The summed E-state index contributed by atoms with van der Waals surface area (Å²) >= 11 is 1.33. The number of nitrogens with one attached hydrogen (secondary N) is 1. The van der Waals surface area contributed by atoms with Crippen molar-refractivity contribution in [2.45, 2.75) is 26.3 Å². The highest BCUT2D eigenvalue weighted by molar-refractivity contribution is 7.15. The summed E-state index contributed by atoms with van der Waals surface area (Å²) in [6.45, 7) is 2.27. The van der Waals surface area contributed by atoms with Crippen LogP contribution in [-0.4, -0.2) is 25.7 Å². The van der Waals surface area contributed by atoms with Gasteiger partial charge in [-0.1, -0.05) is 23.5 Å². The number of hydrogen-bond acceptors (Lipinski definition) is 6. The lowest BCUT2D eigenvalue weighted by molar-refractivity contribution is -0.116. The average molecular weight is 329 g/mol. The highest BCUT2D eigenvalue weighted by atomic mass is 32.1. The first-order valence-electron chi connectivity index (χ1n) is 7.17. The van der Waals surface area contributed by atoms with E-state index in [0.717, 1.165) is 5.01 Å². The largest absolute Gasteiger partial charge is 0.301 e. The van der Waals surface area contributed by atoms with Gasteiger partial charge >= 0.3 is 0 Å². The minimum absolute atomic E-state index is 0.0873. The number of fused-ring (bicyclic) bond motifs is 1. The highest BCUT2D eigenvalue weighted by Gasteiger charge is 2.07. The van der Waals surface area contributed by atoms with E-state index in [4.69, 9.17) is 0 Å². The normalized spacial score (nSPS) is 10.8. The summed E-state index contributed by atoms with van der Waals surface area (Å²) in [6, 6.07) is 7.22. The van der Waals surface area contributed by atoms with Crippen LogP contribution in [0.3, 0.4) is 0 Å². The molecule has 0 aliphatic carbocycles. The molecular weight excluding hydrogens is 314 g/mol. The number of benzene rings is 1. The van der Waals surface area contributed by atoms with E-state index < -0.39 is 0 Å². The summed E-state index contributed by atoms with van der Waals surface area (Å²) in [4.78, 5) is 28.4. The molecule has 2 heterocycles. The molecule has 0 atom stereocenters. The van der Waals surface area contributed by atoms with Crippen molar-refractivity contribution in [3.63, 3.8) is 0 Å². The van der Waals surface area contributed by atoms with Gasteiger partial charge in [-0.25, -0.2) is 4.98 Å². The number of para-hydroxylation sites is 1. The van der Waals surface area contributed by atoms with Gasteiger partial charge in [0, 0.05) is 13.0 Å². The van der Waals surface area contributed by atoms with Gasteiger partial charge in [0.15, 0.2) is 0 Å². The fraction of sp³-hybridized carbons (Fsp3) is 0.267. The number of anilines is 1. The summed E-state index contributed by atoms with van der Waals surface area (Å²) in [5.74, 6) is -0.136. The van der Waals surface area contributed by atoms with Crippen LogP contribution in [0.4, 0.5) is 5.13 Å². The maximum atomic E-state index is 12.3. The molecule has 0 bridgehead atoms. The smallest absolute Gasteiger partial charge is 0.261 e. The number of carbonyl (C=O) groups excluding carboxylic acids is 1. The maximum absolute atomic E-state index is 12.3. The van der Waals surface area contributed by atoms with E-state index in [2.05, 4.69) is 20.5 Å². The number of aromatic nitrogens is 4. The van der Waals surface area contributed by atoms with Crippen LogP contribution in [0.5, 0.6) is 0 Å². The molecule has 0 aliphatic heterocycles. The van der Waals surface area contributed by atoms with Crippen molar-refractivity contribution in [3.05, 3.63) is 46.0 Å². The zero-order valence-corrected chi connectivity index (χ0v) is 13.3. The van der Waals surface area contributed by atoms with Crippen molar-refractivity contribution < 1.29 is 4.79 Å². The SMILES string of the molecule is Cc1nnc(NC(=O)CCCn2cnc3ccccc3c2=O)s1. The Morgan fingerprint density at radius 2 is 2.13 bits per heavy atom. The Kier molecular flexibility index (Phi) is 4.42. The topological polar surface area (TPSA) is 89.8 Å². The Bertz CT molecular complexity index is 902. The van der Waals surface area contributed by atoms with Gasteiger partial charge in [-0.2, -0.15) is 0 Å². The van der Waals surface area contributed by atoms with Crippen LogP contribution in [0.15, 0.2) is 35.4 Å². The van der Waals surface area contributed by atoms with Gasteiger partial charge in [0.25, 0.3) is 5.56 Å². The number of hydrogen-bond donors (Lipinski definition) is 1. The van der Waals surface area contributed by atoms with E-state index in [1.54, 1.807) is 12.1 Å². The molecule has 7 nitrogen and oxygen atoms in total. The van der Waals surface area contributed by atoms with Crippen molar-refractivity contribution >= 4 is 33.3 Å². The molecule has 0 saturated carbocycles. The number of rotatable bonds is 5. The van der Waals surface area contributed by atoms with Crippen LogP contribution in [0.1, 0.15) is 17.8 Å². The van der Waals surface area contributed by atoms with E-state index in [1.807, 2.05) is 19.1 Å². The Morgan fingerprint density at radius 1 is 1.30 bits per heavy atom. The predicted octanol–water partition coefficient (Wildman–Crippen LogP) is 1.98. The van der Waals surface area contributed by atoms with Crippen LogP contribution < -0.4 is 10.9 Å². The Labute approximate surface area is 136 Å². The molecule has 118 valence electrons. The second kappa shape index (κ2) is 6.66. The number of nitrogens with zero attached hydrogens (tertiary/aromatic N) is 4. The van der Waals surface area contributed by atoms with Gasteiger partial charge in [-0.15, -0.1) is 10.2 Å². The first-order valence-corrected chi connectivity index (χ1v) is 7.99. The van der Waals surface area contributed by atoms with Crippen LogP contribution in [0.25, 0.3) is 10.9 Å². The third kappa shape index (κ3) is 3.59. The first kappa shape index (κ1) is 15.3. The highest BCUT2D eigenvalue weighted by Crippen LogP contribution is 2.14. The number of amides is 1. The summed E-state index contributed by atoms with van der Waals surface area (Å²) < 4.78 is 1.53. The molecule has 0 aliphatic rings. The van der Waals surface area contributed by atoms with Crippen molar-refractivity contribution in [3.8, 4) is 0 Å². The van der Waals surface area contributed by atoms with Crippen molar-refractivity contribution in [2.75, 3.05) is 5.32 Å². The third-order valence-corrected chi connectivity index (χ3v) is 4.06. The van der Waals surface area contributed by atoms with Gasteiger partial charge < -0.3 is 5.32 Å². The molecule has 8 heteroatoms. The molecule has 23 heavy (non-hydrogen) atoms. The molecule has 3 aromatic rings. The molecule has 1 N–H and O–H groups in total. The Balaban J connectivity index is 1.59. The van der Waals surface area contributed by atoms with Crippen LogP contribution in [-0.2, 0) is 11.3 Å². The molecular formula is C15H15N5O2S. The molecule has 3 rings (SSSR count). The lowest BCUT2D eigenvalue weighted by atomic mass is 10.2. The zero-order chi connectivity index (χ0) is 16.2. The summed E-state index contributed by atoms with van der Waals surface area (Å²) in [6.07, 6.45) is 2.37. The summed E-state index contributed by atoms with van der Waals surface area (Å²) in [7, 11) is 0. The first-order chi connectivity index (χ1) is 11.1. The van der Waals surface area contributed by atoms with Crippen LogP contribution in [0.2, 0.25) is 0 Å². The fourth-order valence-corrected chi connectivity index (χ4v) is 2.81. The third-order valence-electron chi connectivity index (χ3n) is 3.31. The van der Waals surface area contributed by atoms with Gasteiger partial charge in [-0.05, 0) is 25.5 Å². The monoisotopic (exact) mass is 329 g/mol. The van der Waals surface area contributed by atoms with Crippen molar-refractivity contribution in [1.29, 1.82) is 0 Å². The molecule has 0 unspecified atom stereocenters. The lowest BCUT2D eigenvalue weighted by Gasteiger charge is -2.06. The minimum atomic E-state index is -0.136. The van der Waals surface area contributed by atoms with Gasteiger partial charge in [0.05, 0.1) is 17.2 Å². The minimum Gasteiger partial charge on any atom is -0.301 e. The van der Waals surface area contributed by atoms with Crippen molar-refractivity contribution in [2.24, 2.45) is 0 Å². The predicted molar refractivity (Wildman–Crippen MR) is 88.5 cm³/mol. The van der Waals surface area contributed by atoms with E-state index in [0.29, 0.717) is 35.4 Å². The van der Waals surface area contributed by atoms with E-state index in [1.165, 1.54) is 22.2 Å². The van der Waals surface area contributed by atoms with E-state index >= 15 is 0 Å². The van der Waals surface area contributed by atoms with Crippen LogP contribution >= 0.6 is 11.3 Å². The second-order valence-electron chi connectivity index (χ2n) is 5.04. The Hall–Kier alpha value is -2.61. The molecule has 2 aromatic heterocycles. The fourth-order valence-electron chi connectivity index (χ4n) is 2.20. The summed E-state index contributed by atoms with van der Waals surface area (Å²) in [5.41, 5.74) is 0.592. The molecule has 0 spiro atoms.